The molecule has 0 unspecified atom stereocenters. The molecule has 1 aromatic rings. The molecule has 1 aliphatic rings. The number of esters is 2. The van der Waals surface area contributed by atoms with Crippen molar-refractivity contribution >= 4 is 17.7 Å². The molecule has 0 spiro atoms. The predicted octanol–water partition coefficient (Wildman–Crippen LogP) is 1.68. The van der Waals surface area contributed by atoms with Gasteiger partial charge in [-0.1, -0.05) is 11.6 Å². The number of ether oxygens (including phenoxy) is 3. The molecular formula is C16H18O6. The van der Waals surface area contributed by atoms with Gasteiger partial charge in [0.05, 0.1) is 5.56 Å². The molecule has 0 amide bonds. The van der Waals surface area contributed by atoms with Crippen LogP contribution < -0.4 is 4.74 Å². The monoisotopic (exact) mass is 306 g/mol. The highest BCUT2D eigenvalue weighted by Gasteiger charge is 2.46. The zero-order valence-corrected chi connectivity index (χ0v) is 12.8. The van der Waals surface area contributed by atoms with E-state index in [1.807, 2.05) is 13.0 Å². The van der Waals surface area contributed by atoms with E-state index in [0.29, 0.717) is 11.3 Å². The van der Waals surface area contributed by atoms with E-state index < -0.39 is 17.4 Å². The summed E-state index contributed by atoms with van der Waals surface area (Å²) in [7, 11) is 0. The van der Waals surface area contributed by atoms with Crippen LogP contribution in [0.2, 0.25) is 0 Å². The average Bonchev–Trinajstić information content (AvgIpc) is 2.46. The van der Waals surface area contributed by atoms with Crippen molar-refractivity contribution in [2.24, 2.45) is 5.41 Å². The Hall–Kier alpha value is -2.37. The Morgan fingerprint density at radius 1 is 1.18 bits per heavy atom. The lowest BCUT2D eigenvalue weighted by Crippen LogP contribution is -2.48. The van der Waals surface area contributed by atoms with Crippen LogP contribution in [-0.2, 0) is 19.1 Å². The number of ketones is 1. The van der Waals surface area contributed by atoms with E-state index in [-0.39, 0.29) is 25.6 Å². The fraction of sp³-hybridized carbons (Fsp3) is 0.438. The van der Waals surface area contributed by atoms with Crippen molar-refractivity contribution < 1.29 is 28.6 Å². The lowest BCUT2D eigenvalue weighted by molar-refractivity contribution is -0.150. The SMILES string of the molecule is CC(=O)OCC1(COC(C)=O)COc2ccc(C)cc2C1=O. The van der Waals surface area contributed by atoms with Gasteiger partial charge >= 0.3 is 11.9 Å². The topological polar surface area (TPSA) is 78.9 Å². The summed E-state index contributed by atoms with van der Waals surface area (Å²) in [5, 5.41) is 0. The molecule has 0 bridgehead atoms. The summed E-state index contributed by atoms with van der Waals surface area (Å²) in [5.74, 6) is -0.785. The highest BCUT2D eigenvalue weighted by Crippen LogP contribution is 2.36. The quantitative estimate of drug-likeness (QED) is 0.788. The minimum Gasteiger partial charge on any atom is -0.491 e. The first-order valence-electron chi connectivity index (χ1n) is 6.89. The smallest absolute Gasteiger partial charge is 0.302 e. The fourth-order valence-electron chi connectivity index (χ4n) is 2.25. The molecule has 0 atom stereocenters. The number of benzene rings is 1. The molecule has 6 nitrogen and oxygen atoms in total. The fourth-order valence-corrected chi connectivity index (χ4v) is 2.25. The molecule has 0 saturated heterocycles. The van der Waals surface area contributed by atoms with Crippen molar-refractivity contribution in [3.05, 3.63) is 29.3 Å². The number of aryl methyl sites for hydroxylation is 1. The molecule has 0 radical (unpaired) electrons. The summed E-state index contributed by atoms with van der Waals surface area (Å²) >= 11 is 0. The third kappa shape index (κ3) is 3.27. The van der Waals surface area contributed by atoms with E-state index in [2.05, 4.69) is 0 Å². The van der Waals surface area contributed by atoms with Crippen LogP contribution in [0.1, 0.15) is 29.8 Å². The normalized spacial score (nSPS) is 15.5. The van der Waals surface area contributed by atoms with E-state index in [9.17, 15) is 14.4 Å². The number of rotatable bonds is 4. The van der Waals surface area contributed by atoms with Crippen LogP contribution in [-0.4, -0.2) is 37.5 Å². The second-order valence-electron chi connectivity index (χ2n) is 5.46. The third-order valence-corrected chi connectivity index (χ3v) is 3.47. The Morgan fingerprint density at radius 2 is 1.77 bits per heavy atom. The maximum absolute atomic E-state index is 12.9. The van der Waals surface area contributed by atoms with Crippen LogP contribution in [0.5, 0.6) is 5.75 Å². The van der Waals surface area contributed by atoms with Gasteiger partial charge in [0.2, 0.25) is 0 Å². The molecule has 0 saturated carbocycles. The lowest BCUT2D eigenvalue weighted by atomic mass is 9.80. The standard InChI is InChI=1S/C16H18O6/c1-10-4-5-14-13(6-10)15(19)16(9-22-14,7-20-11(2)17)8-21-12(3)18/h4-6H,7-9H2,1-3H3. The van der Waals surface area contributed by atoms with E-state index in [1.54, 1.807) is 12.1 Å². The molecule has 0 aliphatic carbocycles. The number of hydrogen-bond acceptors (Lipinski definition) is 6. The molecule has 1 heterocycles. The van der Waals surface area contributed by atoms with E-state index in [4.69, 9.17) is 14.2 Å². The maximum atomic E-state index is 12.9. The van der Waals surface area contributed by atoms with Crippen molar-refractivity contribution in [1.82, 2.24) is 0 Å². The summed E-state index contributed by atoms with van der Waals surface area (Å²) in [5.41, 5.74) is 0.107. The second kappa shape index (κ2) is 6.17. The highest BCUT2D eigenvalue weighted by molar-refractivity contribution is 6.04. The van der Waals surface area contributed by atoms with Crippen LogP contribution in [0.25, 0.3) is 0 Å². The number of Topliss-reactive ketones (excluding diaryl/α,β-unsaturated/α-hetero) is 1. The maximum Gasteiger partial charge on any atom is 0.302 e. The average molecular weight is 306 g/mol. The predicted molar refractivity (Wildman–Crippen MR) is 76.7 cm³/mol. The molecule has 22 heavy (non-hydrogen) atoms. The van der Waals surface area contributed by atoms with Crippen LogP contribution >= 0.6 is 0 Å². The van der Waals surface area contributed by atoms with E-state index in [0.717, 1.165) is 5.56 Å². The van der Waals surface area contributed by atoms with Gasteiger partial charge in [-0.05, 0) is 19.1 Å². The number of carbonyl (C=O) groups is 3. The molecule has 2 rings (SSSR count). The Labute approximate surface area is 128 Å². The Kier molecular flexibility index (Phi) is 4.49. The zero-order valence-electron chi connectivity index (χ0n) is 12.8. The molecule has 0 N–H and O–H groups in total. The van der Waals surface area contributed by atoms with Gasteiger partial charge in [-0.3, -0.25) is 14.4 Å². The first kappa shape index (κ1) is 16.0. The molecule has 6 heteroatoms. The van der Waals surface area contributed by atoms with Gasteiger partial charge < -0.3 is 14.2 Å². The molecule has 0 aromatic heterocycles. The summed E-state index contributed by atoms with van der Waals surface area (Å²) in [4.78, 5) is 35.0. The molecular weight excluding hydrogens is 288 g/mol. The third-order valence-electron chi connectivity index (χ3n) is 3.47. The first-order chi connectivity index (χ1) is 10.3. The van der Waals surface area contributed by atoms with Gasteiger partial charge in [-0.25, -0.2) is 0 Å². The lowest BCUT2D eigenvalue weighted by Gasteiger charge is -2.35. The highest BCUT2D eigenvalue weighted by atomic mass is 16.6. The van der Waals surface area contributed by atoms with Crippen LogP contribution in [0.15, 0.2) is 18.2 Å². The number of carbonyl (C=O) groups excluding carboxylic acids is 3. The van der Waals surface area contributed by atoms with Gasteiger partial charge in [-0.2, -0.15) is 0 Å². The van der Waals surface area contributed by atoms with Crippen molar-refractivity contribution in [3.8, 4) is 5.75 Å². The van der Waals surface area contributed by atoms with Crippen molar-refractivity contribution in [2.45, 2.75) is 20.8 Å². The summed E-state index contributed by atoms with van der Waals surface area (Å²) in [6.07, 6.45) is 0. The Morgan fingerprint density at radius 3 is 2.32 bits per heavy atom. The van der Waals surface area contributed by atoms with Crippen molar-refractivity contribution in [1.29, 1.82) is 0 Å². The van der Waals surface area contributed by atoms with Crippen LogP contribution in [0, 0.1) is 12.3 Å². The first-order valence-corrected chi connectivity index (χ1v) is 6.89. The van der Waals surface area contributed by atoms with Gasteiger partial charge in [0.15, 0.2) is 5.78 Å². The Balaban J connectivity index is 2.34. The molecule has 118 valence electrons. The summed E-state index contributed by atoms with van der Waals surface area (Å²) in [6, 6.07) is 5.29. The summed E-state index contributed by atoms with van der Waals surface area (Å²) < 4.78 is 15.6. The summed E-state index contributed by atoms with van der Waals surface area (Å²) in [6.45, 7) is 3.98. The minimum absolute atomic E-state index is 0.0115. The van der Waals surface area contributed by atoms with Gasteiger partial charge in [0.25, 0.3) is 0 Å². The van der Waals surface area contributed by atoms with Gasteiger partial charge in [-0.15, -0.1) is 0 Å². The largest absolute Gasteiger partial charge is 0.491 e. The van der Waals surface area contributed by atoms with Crippen molar-refractivity contribution in [3.63, 3.8) is 0 Å². The van der Waals surface area contributed by atoms with Crippen LogP contribution in [0.4, 0.5) is 0 Å². The van der Waals surface area contributed by atoms with Gasteiger partial charge in [0.1, 0.15) is 31.0 Å². The molecule has 1 aromatic carbocycles. The molecule has 0 fully saturated rings. The second-order valence-corrected chi connectivity index (χ2v) is 5.46. The van der Waals surface area contributed by atoms with E-state index in [1.165, 1.54) is 13.8 Å². The zero-order chi connectivity index (χ0) is 16.3. The number of fused-ring (bicyclic) bond motifs is 1. The minimum atomic E-state index is -1.21. The van der Waals surface area contributed by atoms with E-state index >= 15 is 0 Å². The Bertz CT molecular complexity index is 601. The van der Waals surface area contributed by atoms with Gasteiger partial charge in [0, 0.05) is 13.8 Å². The van der Waals surface area contributed by atoms with Crippen LogP contribution in [0.3, 0.4) is 0 Å². The molecule has 1 aliphatic heterocycles. The van der Waals surface area contributed by atoms with Crippen molar-refractivity contribution in [2.75, 3.05) is 19.8 Å². The number of hydrogen-bond donors (Lipinski definition) is 0.